The van der Waals surface area contributed by atoms with Crippen molar-refractivity contribution in [1.82, 2.24) is 0 Å². The van der Waals surface area contributed by atoms with Gasteiger partial charge in [0.2, 0.25) is 0 Å². The fraction of sp³-hybridized carbons (Fsp3) is 0.779. The first-order valence-electron chi connectivity index (χ1n) is 36.1. The van der Waals surface area contributed by atoms with Gasteiger partial charge in [-0.2, -0.15) is 0 Å². The van der Waals surface area contributed by atoms with Crippen molar-refractivity contribution in [3.8, 4) is 0 Å². The van der Waals surface area contributed by atoms with Gasteiger partial charge in [0.05, 0.1) is 0 Å². The van der Waals surface area contributed by atoms with Crippen molar-refractivity contribution in [3.63, 3.8) is 0 Å². The summed E-state index contributed by atoms with van der Waals surface area (Å²) in [6.07, 6.45) is 94.5. The first kappa shape index (κ1) is 79.6. The second kappa shape index (κ2) is 71.1. The van der Waals surface area contributed by atoms with Gasteiger partial charge in [0.1, 0.15) is 13.2 Å². The predicted molar refractivity (Wildman–Crippen MR) is 362 cm³/mol. The summed E-state index contributed by atoms with van der Waals surface area (Å²) in [5, 5.41) is 0. The first-order chi connectivity index (χ1) is 41.0. The number of carbonyl (C=O) groups is 3. The lowest BCUT2D eigenvalue weighted by molar-refractivity contribution is -0.167. The van der Waals surface area contributed by atoms with Crippen molar-refractivity contribution < 1.29 is 28.6 Å². The second-order valence-electron chi connectivity index (χ2n) is 24.1. The first-order valence-corrected chi connectivity index (χ1v) is 36.1. The Balaban J connectivity index is 4.34. The molecule has 0 spiro atoms. The minimum atomic E-state index is -0.784. The summed E-state index contributed by atoms with van der Waals surface area (Å²) in [7, 11) is 0. The van der Waals surface area contributed by atoms with Gasteiger partial charge in [-0.1, -0.05) is 311 Å². The molecule has 0 radical (unpaired) electrons. The van der Waals surface area contributed by atoms with Crippen molar-refractivity contribution in [1.29, 1.82) is 0 Å². The summed E-state index contributed by atoms with van der Waals surface area (Å²) in [5.41, 5.74) is 0. The lowest BCUT2D eigenvalue weighted by Gasteiger charge is -2.18. The number of ether oxygens (including phenoxy) is 3. The Morgan fingerprint density at radius 1 is 0.241 bits per heavy atom. The number of esters is 3. The predicted octanol–water partition coefficient (Wildman–Crippen LogP) is 25.0. The number of rotatable bonds is 66. The van der Waals surface area contributed by atoms with Crippen LogP contribution in [0, 0.1) is 0 Å². The molecule has 0 saturated heterocycles. The summed E-state index contributed by atoms with van der Waals surface area (Å²) in [6, 6.07) is 0. The van der Waals surface area contributed by atoms with Crippen LogP contribution < -0.4 is 0 Å². The third kappa shape index (κ3) is 69.3. The van der Waals surface area contributed by atoms with Gasteiger partial charge in [-0.05, 0) is 122 Å². The van der Waals surface area contributed by atoms with Crippen molar-refractivity contribution >= 4 is 17.9 Å². The zero-order chi connectivity index (χ0) is 59.9. The SMILES string of the molecule is CCCCC/C=C\C/C=C\CCCCCCCCCCCC(=O)OCC(COC(=O)CCCCCCCCCCCCCC/C=C\C/C=C\C/C=C\CCCCCCC)OC(=O)CCCCCCCCCCC/C=C\C/C=C\CCCCC. The van der Waals surface area contributed by atoms with E-state index in [-0.39, 0.29) is 31.1 Å². The van der Waals surface area contributed by atoms with Gasteiger partial charge in [-0.25, -0.2) is 0 Å². The average Bonchev–Trinajstić information content (AvgIpc) is 3.50. The highest BCUT2D eigenvalue weighted by Gasteiger charge is 2.19. The van der Waals surface area contributed by atoms with Gasteiger partial charge in [0.15, 0.2) is 6.10 Å². The number of hydrogen-bond donors (Lipinski definition) is 0. The molecule has 0 aliphatic rings. The van der Waals surface area contributed by atoms with E-state index in [0.717, 1.165) is 83.5 Å². The van der Waals surface area contributed by atoms with Crippen LogP contribution in [0.15, 0.2) is 85.1 Å². The maximum atomic E-state index is 13.0. The molecule has 0 rings (SSSR count). The molecule has 0 aliphatic carbocycles. The number of carbonyl (C=O) groups excluding carboxylic acids is 3. The molecule has 0 N–H and O–H groups in total. The summed E-state index contributed by atoms with van der Waals surface area (Å²) < 4.78 is 17.0. The Kier molecular flexibility index (Phi) is 68.2. The maximum absolute atomic E-state index is 13.0. The van der Waals surface area contributed by atoms with Crippen LogP contribution in [0.2, 0.25) is 0 Å². The van der Waals surface area contributed by atoms with Gasteiger partial charge >= 0.3 is 17.9 Å². The molecule has 1 unspecified atom stereocenters. The van der Waals surface area contributed by atoms with Crippen LogP contribution in [0.4, 0.5) is 0 Å². The Bertz CT molecular complexity index is 1570. The number of hydrogen-bond acceptors (Lipinski definition) is 6. The third-order valence-electron chi connectivity index (χ3n) is 15.8. The average molecular weight is 1160 g/mol. The van der Waals surface area contributed by atoms with Gasteiger partial charge in [0.25, 0.3) is 0 Å². The van der Waals surface area contributed by atoms with Crippen LogP contribution in [0.25, 0.3) is 0 Å². The molecule has 6 heteroatoms. The van der Waals surface area contributed by atoms with Crippen molar-refractivity contribution in [2.75, 3.05) is 13.2 Å². The van der Waals surface area contributed by atoms with Crippen LogP contribution in [0.3, 0.4) is 0 Å². The monoisotopic (exact) mass is 1160 g/mol. The van der Waals surface area contributed by atoms with Crippen molar-refractivity contribution in [2.24, 2.45) is 0 Å². The molecule has 0 bridgehead atoms. The number of unbranched alkanes of at least 4 members (excludes halogenated alkanes) is 41. The third-order valence-corrected chi connectivity index (χ3v) is 15.8. The second-order valence-corrected chi connectivity index (χ2v) is 24.1. The normalized spacial score (nSPS) is 12.6. The van der Waals surface area contributed by atoms with Crippen LogP contribution in [0.1, 0.15) is 367 Å². The lowest BCUT2D eigenvalue weighted by atomic mass is 10.0. The quantitative estimate of drug-likeness (QED) is 0.0261. The minimum Gasteiger partial charge on any atom is -0.462 e. The summed E-state index contributed by atoms with van der Waals surface area (Å²) in [6.45, 7) is 6.62. The van der Waals surface area contributed by atoms with Gasteiger partial charge in [-0.15, -0.1) is 0 Å². The van der Waals surface area contributed by atoms with E-state index in [9.17, 15) is 14.4 Å². The molecule has 83 heavy (non-hydrogen) atoms. The van der Waals surface area contributed by atoms with Gasteiger partial charge in [-0.3, -0.25) is 14.4 Å². The van der Waals surface area contributed by atoms with Gasteiger partial charge < -0.3 is 14.2 Å². The maximum Gasteiger partial charge on any atom is 0.306 e. The molecule has 480 valence electrons. The fourth-order valence-corrected chi connectivity index (χ4v) is 10.4. The summed E-state index contributed by atoms with van der Waals surface area (Å²) >= 11 is 0. The van der Waals surface area contributed by atoms with Crippen LogP contribution in [-0.2, 0) is 28.6 Å². The van der Waals surface area contributed by atoms with E-state index in [0.29, 0.717) is 19.3 Å². The summed E-state index contributed by atoms with van der Waals surface area (Å²) in [5.74, 6) is -0.869. The molecule has 1 atom stereocenters. The van der Waals surface area contributed by atoms with E-state index >= 15 is 0 Å². The Morgan fingerprint density at radius 2 is 0.434 bits per heavy atom. The van der Waals surface area contributed by atoms with E-state index in [4.69, 9.17) is 14.2 Å². The molecular weight excluding hydrogens is 1020 g/mol. The van der Waals surface area contributed by atoms with E-state index in [1.807, 2.05) is 0 Å². The fourth-order valence-electron chi connectivity index (χ4n) is 10.4. The molecule has 0 aromatic carbocycles. The largest absolute Gasteiger partial charge is 0.462 e. The van der Waals surface area contributed by atoms with Gasteiger partial charge in [0, 0.05) is 19.3 Å². The molecule has 0 heterocycles. The molecule has 0 aromatic rings. The molecular formula is C77H136O6. The van der Waals surface area contributed by atoms with Crippen molar-refractivity contribution in [3.05, 3.63) is 85.1 Å². The Labute approximate surface area is 515 Å². The lowest BCUT2D eigenvalue weighted by Crippen LogP contribution is -2.30. The highest BCUT2D eigenvalue weighted by atomic mass is 16.6. The van der Waals surface area contributed by atoms with Crippen LogP contribution >= 0.6 is 0 Å². The van der Waals surface area contributed by atoms with Crippen LogP contribution in [0.5, 0.6) is 0 Å². The Morgan fingerprint density at radius 3 is 0.699 bits per heavy atom. The zero-order valence-corrected chi connectivity index (χ0v) is 55.2. The van der Waals surface area contributed by atoms with E-state index < -0.39 is 6.10 Å². The highest BCUT2D eigenvalue weighted by Crippen LogP contribution is 2.17. The molecule has 0 amide bonds. The minimum absolute atomic E-state index is 0.0785. The summed E-state index contributed by atoms with van der Waals surface area (Å²) in [4.78, 5) is 38.5. The Hall–Kier alpha value is -3.41. The van der Waals surface area contributed by atoms with E-state index in [1.54, 1.807) is 0 Å². The topological polar surface area (TPSA) is 78.9 Å². The van der Waals surface area contributed by atoms with E-state index in [1.165, 1.54) is 244 Å². The molecule has 0 fully saturated rings. The van der Waals surface area contributed by atoms with Crippen molar-refractivity contribution in [2.45, 2.75) is 374 Å². The van der Waals surface area contributed by atoms with E-state index in [2.05, 4.69) is 106 Å². The molecule has 0 aromatic heterocycles. The molecule has 0 aliphatic heterocycles. The standard InChI is InChI=1S/C77H136O6/c1-4-7-10-13-16-19-22-25-28-31-34-35-36-37-38-39-40-41-44-46-49-52-55-58-61-64-67-70-76(79)82-73-74(83-77(80)71-68-65-62-59-56-53-50-47-43-33-30-27-24-21-18-15-12-9-6-3)72-81-75(78)69-66-63-60-57-54-51-48-45-42-32-29-26-23-20-17-14-11-8-5-2/h17-18,20-22,25-27,29-31,34,36-37,74H,4-16,19,23-24,28,32-33,35,38-73H2,1-3H3/b20-17-,21-18-,25-22-,29-26-,30-27-,34-31-,37-36-. The van der Waals surface area contributed by atoms with Crippen LogP contribution in [-0.4, -0.2) is 37.2 Å². The highest BCUT2D eigenvalue weighted by molar-refractivity contribution is 5.71. The smallest absolute Gasteiger partial charge is 0.306 e. The number of allylic oxidation sites excluding steroid dienone is 14. The molecule has 0 saturated carbocycles. The zero-order valence-electron chi connectivity index (χ0n) is 55.2. The molecule has 6 nitrogen and oxygen atoms in total.